The average Bonchev–Trinajstić information content (AvgIpc) is 3.35. The number of hydrogen-bond donors (Lipinski definition) is 1. The predicted molar refractivity (Wildman–Crippen MR) is 128 cm³/mol. The standard InChI is InChI=1S/C27H21F3N4O2/c1-3-16-7-9-17(10-8-16)25-32-26(36-33-25)23-15(2)34(20-11-12-21(29)22(30)14-20)27(35)31-24(23)18-5-4-6-19(28)13-18/h4-14,24H,3H2,1-2H3,(H,31,35). The van der Waals surface area contributed by atoms with Crippen LogP contribution in [0.4, 0.5) is 23.7 Å². The Labute approximate surface area is 205 Å². The van der Waals surface area contributed by atoms with E-state index in [4.69, 9.17) is 4.52 Å². The van der Waals surface area contributed by atoms with Gasteiger partial charge in [0.15, 0.2) is 11.6 Å². The third kappa shape index (κ3) is 4.24. The van der Waals surface area contributed by atoms with Crippen LogP contribution in [0.15, 0.2) is 77.0 Å². The summed E-state index contributed by atoms with van der Waals surface area (Å²) in [4.78, 5) is 18.9. The summed E-state index contributed by atoms with van der Waals surface area (Å²) in [5.74, 6) is -2.18. The Balaban J connectivity index is 1.64. The molecule has 2 amide bonds. The van der Waals surface area contributed by atoms with Crippen molar-refractivity contribution in [2.24, 2.45) is 0 Å². The molecule has 1 aromatic heterocycles. The van der Waals surface area contributed by atoms with Crippen LogP contribution in [0.3, 0.4) is 0 Å². The number of anilines is 1. The fourth-order valence-electron chi connectivity index (χ4n) is 4.23. The third-order valence-corrected chi connectivity index (χ3v) is 6.10. The largest absolute Gasteiger partial charge is 0.334 e. The van der Waals surface area contributed by atoms with Crippen molar-refractivity contribution in [3.8, 4) is 11.4 Å². The van der Waals surface area contributed by atoms with Gasteiger partial charge in [-0.15, -0.1) is 0 Å². The lowest BCUT2D eigenvalue weighted by Gasteiger charge is -2.35. The lowest BCUT2D eigenvalue weighted by Crippen LogP contribution is -2.46. The van der Waals surface area contributed by atoms with Crippen LogP contribution >= 0.6 is 0 Å². The Morgan fingerprint density at radius 3 is 2.47 bits per heavy atom. The average molecular weight is 490 g/mol. The van der Waals surface area contributed by atoms with Crippen molar-refractivity contribution < 1.29 is 22.5 Å². The Hall–Kier alpha value is -4.40. The van der Waals surface area contributed by atoms with E-state index < -0.39 is 29.5 Å². The van der Waals surface area contributed by atoms with Crippen molar-refractivity contribution in [3.05, 3.63) is 107 Å². The van der Waals surface area contributed by atoms with Crippen molar-refractivity contribution in [1.29, 1.82) is 0 Å². The van der Waals surface area contributed by atoms with Crippen LogP contribution in [0.2, 0.25) is 0 Å². The number of nitrogens with zero attached hydrogens (tertiary/aromatic N) is 3. The molecule has 1 atom stereocenters. The number of halogens is 3. The molecular formula is C27H21F3N4O2. The van der Waals surface area contributed by atoms with E-state index in [2.05, 4.69) is 22.4 Å². The molecule has 4 aromatic rings. The molecular weight excluding hydrogens is 469 g/mol. The minimum Gasteiger partial charge on any atom is -0.334 e. The van der Waals surface area contributed by atoms with E-state index in [1.54, 1.807) is 13.0 Å². The fourth-order valence-corrected chi connectivity index (χ4v) is 4.23. The molecule has 0 saturated carbocycles. The molecule has 0 spiro atoms. The summed E-state index contributed by atoms with van der Waals surface area (Å²) in [6.07, 6.45) is 0.888. The van der Waals surface area contributed by atoms with Crippen LogP contribution in [0.25, 0.3) is 17.0 Å². The second-order valence-corrected chi connectivity index (χ2v) is 8.34. The maximum atomic E-state index is 14.1. The highest BCUT2D eigenvalue weighted by Crippen LogP contribution is 2.39. The summed E-state index contributed by atoms with van der Waals surface area (Å²) in [7, 11) is 0. The molecule has 0 bridgehead atoms. The molecule has 0 radical (unpaired) electrons. The van der Waals surface area contributed by atoms with E-state index in [0.717, 1.165) is 29.7 Å². The van der Waals surface area contributed by atoms with Crippen molar-refractivity contribution >= 4 is 17.3 Å². The van der Waals surface area contributed by atoms with Crippen molar-refractivity contribution in [3.63, 3.8) is 0 Å². The Bertz CT molecular complexity index is 1480. The first-order valence-electron chi connectivity index (χ1n) is 11.3. The van der Waals surface area contributed by atoms with Gasteiger partial charge in [-0.1, -0.05) is 48.5 Å². The lowest BCUT2D eigenvalue weighted by atomic mass is 9.94. The van der Waals surface area contributed by atoms with Gasteiger partial charge in [-0.2, -0.15) is 4.98 Å². The van der Waals surface area contributed by atoms with Gasteiger partial charge in [0.25, 0.3) is 5.89 Å². The Morgan fingerprint density at radius 2 is 1.78 bits per heavy atom. The maximum Gasteiger partial charge on any atom is 0.327 e. The normalized spacial score (nSPS) is 15.9. The summed E-state index contributed by atoms with van der Waals surface area (Å²) in [5.41, 5.74) is 3.19. The Kier molecular flexibility index (Phi) is 6.05. The van der Waals surface area contributed by atoms with E-state index in [1.165, 1.54) is 29.2 Å². The number of carbonyl (C=O) groups excluding carboxylic acids is 1. The quantitative estimate of drug-likeness (QED) is 0.351. The summed E-state index contributed by atoms with van der Waals surface area (Å²) in [6.45, 7) is 3.68. The first kappa shape index (κ1) is 23.3. The molecule has 6 nitrogen and oxygen atoms in total. The van der Waals surface area contributed by atoms with Crippen LogP contribution in [-0.2, 0) is 6.42 Å². The number of amides is 2. The van der Waals surface area contributed by atoms with Gasteiger partial charge >= 0.3 is 6.03 Å². The molecule has 5 rings (SSSR count). The van der Waals surface area contributed by atoms with E-state index >= 15 is 0 Å². The van der Waals surface area contributed by atoms with Crippen molar-refractivity contribution in [2.45, 2.75) is 26.3 Å². The predicted octanol–water partition coefficient (Wildman–Crippen LogP) is 6.42. The zero-order valence-electron chi connectivity index (χ0n) is 19.4. The fraction of sp³-hybridized carbons (Fsp3) is 0.148. The van der Waals surface area contributed by atoms with Crippen LogP contribution in [-0.4, -0.2) is 16.2 Å². The summed E-state index contributed by atoms with van der Waals surface area (Å²) in [6, 6.07) is 15.2. The highest BCUT2D eigenvalue weighted by molar-refractivity contribution is 6.01. The molecule has 182 valence electrons. The molecule has 1 N–H and O–H groups in total. The van der Waals surface area contributed by atoms with Gasteiger partial charge < -0.3 is 9.84 Å². The lowest BCUT2D eigenvalue weighted by molar-refractivity contribution is 0.244. The molecule has 1 aliphatic heterocycles. The number of urea groups is 1. The van der Waals surface area contributed by atoms with Crippen LogP contribution in [0.5, 0.6) is 0 Å². The van der Waals surface area contributed by atoms with Gasteiger partial charge in [-0.25, -0.2) is 18.0 Å². The number of benzene rings is 3. The number of nitrogens with one attached hydrogen (secondary N) is 1. The number of aryl methyl sites for hydroxylation is 1. The third-order valence-electron chi connectivity index (χ3n) is 6.10. The van der Waals surface area contributed by atoms with Crippen LogP contribution < -0.4 is 10.2 Å². The first-order chi connectivity index (χ1) is 17.4. The monoisotopic (exact) mass is 490 g/mol. The van der Waals surface area contributed by atoms with Gasteiger partial charge in [-0.3, -0.25) is 4.90 Å². The van der Waals surface area contributed by atoms with E-state index in [9.17, 15) is 18.0 Å². The van der Waals surface area contributed by atoms with Gasteiger partial charge in [-0.05, 0) is 48.7 Å². The molecule has 0 fully saturated rings. The highest BCUT2D eigenvalue weighted by atomic mass is 19.2. The Morgan fingerprint density at radius 1 is 1.00 bits per heavy atom. The zero-order chi connectivity index (χ0) is 25.4. The van der Waals surface area contributed by atoms with Crippen molar-refractivity contribution in [1.82, 2.24) is 15.5 Å². The SMILES string of the molecule is CCc1ccc(-c2noc(C3=C(C)N(c4ccc(F)c(F)c4)C(=O)NC3c3cccc(F)c3)n2)cc1. The minimum absolute atomic E-state index is 0.101. The van der Waals surface area contributed by atoms with E-state index in [0.29, 0.717) is 22.7 Å². The summed E-state index contributed by atoms with van der Waals surface area (Å²) in [5, 5.41) is 6.91. The number of rotatable bonds is 5. The molecule has 2 heterocycles. The smallest absolute Gasteiger partial charge is 0.327 e. The first-order valence-corrected chi connectivity index (χ1v) is 11.3. The second kappa shape index (κ2) is 9.33. The topological polar surface area (TPSA) is 71.3 Å². The van der Waals surface area contributed by atoms with E-state index in [1.807, 2.05) is 24.3 Å². The zero-order valence-corrected chi connectivity index (χ0v) is 19.4. The van der Waals surface area contributed by atoms with Crippen LogP contribution in [0.1, 0.15) is 36.9 Å². The van der Waals surface area contributed by atoms with Gasteiger partial charge in [0.2, 0.25) is 5.82 Å². The number of aromatic nitrogens is 2. The van der Waals surface area contributed by atoms with E-state index in [-0.39, 0.29) is 11.6 Å². The van der Waals surface area contributed by atoms with Crippen LogP contribution in [0, 0.1) is 17.5 Å². The summed E-state index contributed by atoms with van der Waals surface area (Å²) >= 11 is 0. The second-order valence-electron chi connectivity index (χ2n) is 8.34. The minimum atomic E-state index is -1.10. The van der Waals surface area contributed by atoms with Gasteiger partial charge in [0.05, 0.1) is 17.3 Å². The van der Waals surface area contributed by atoms with Gasteiger partial charge in [0.1, 0.15) is 5.82 Å². The molecule has 0 aliphatic carbocycles. The summed E-state index contributed by atoms with van der Waals surface area (Å²) < 4.78 is 47.3. The van der Waals surface area contributed by atoms with Gasteiger partial charge in [0, 0.05) is 17.3 Å². The molecule has 36 heavy (non-hydrogen) atoms. The maximum absolute atomic E-state index is 14.1. The molecule has 3 aromatic carbocycles. The highest BCUT2D eigenvalue weighted by Gasteiger charge is 2.37. The molecule has 9 heteroatoms. The molecule has 0 saturated heterocycles. The molecule has 1 unspecified atom stereocenters. The number of hydrogen-bond acceptors (Lipinski definition) is 4. The number of allylic oxidation sites excluding steroid dienone is 1. The molecule has 1 aliphatic rings. The van der Waals surface area contributed by atoms with Crippen molar-refractivity contribution in [2.75, 3.05) is 4.90 Å². The number of carbonyl (C=O) groups is 1.